The summed E-state index contributed by atoms with van der Waals surface area (Å²) >= 11 is 0. The average molecular weight is 291 g/mol. The summed E-state index contributed by atoms with van der Waals surface area (Å²) in [5.74, 6) is -0.328. The molecular formula is C19H17NO2. The van der Waals surface area contributed by atoms with E-state index in [1.54, 1.807) is 6.20 Å². The fourth-order valence-electron chi connectivity index (χ4n) is 2.28. The van der Waals surface area contributed by atoms with Crippen LogP contribution in [-0.2, 0) is 11.2 Å². The zero-order valence-electron chi connectivity index (χ0n) is 12.5. The van der Waals surface area contributed by atoms with Crippen LogP contribution in [-0.4, -0.2) is 17.6 Å². The van der Waals surface area contributed by atoms with E-state index in [1.807, 2.05) is 30.3 Å². The van der Waals surface area contributed by atoms with E-state index in [1.165, 1.54) is 5.56 Å². The highest BCUT2D eigenvalue weighted by Crippen LogP contribution is 2.13. The van der Waals surface area contributed by atoms with Crippen LogP contribution in [0.3, 0.4) is 0 Å². The number of fused-ring (bicyclic) bond motifs is 1. The van der Waals surface area contributed by atoms with Crippen molar-refractivity contribution in [2.45, 2.75) is 13.3 Å². The molecule has 0 amide bonds. The van der Waals surface area contributed by atoms with Crippen LogP contribution in [0.2, 0.25) is 0 Å². The first kappa shape index (κ1) is 14.3. The predicted molar refractivity (Wildman–Crippen MR) is 86.9 cm³/mol. The molecule has 0 bridgehead atoms. The molecule has 110 valence electrons. The van der Waals surface area contributed by atoms with E-state index in [-0.39, 0.29) is 5.97 Å². The molecule has 0 aliphatic carbocycles. The minimum Gasteiger partial charge on any atom is -0.462 e. The summed E-state index contributed by atoms with van der Waals surface area (Å²) in [5.41, 5.74) is 3.75. The van der Waals surface area contributed by atoms with Gasteiger partial charge in [-0.05, 0) is 24.6 Å². The molecule has 0 spiro atoms. The molecule has 0 aliphatic rings. The number of esters is 1. The SMILES string of the molecule is Cc1ccc(CCOC(=O)c2cnc3ccccc3c2)cc1. The Hall–Kier alpha value is -2.68. The number of aryl methyl sites for hydroxylation is 1. The summed E-state index contributed by atoms with van der Waals surface area (Å²) in [4.78, 5) is 16.3. The van der Waals surface area contributed by atoms with E-state index in [2.05, 4.69) is 36.2 Å². The maximum atomic E-state index is 12.1. The Balaban J connectivity index is 1.62. The fourth-order valence-corrected chi connectivity index (χ4v) is 2.28. The minimum absolute atomic E-state index is 0.328. The molecule has 0 atom stereocenters. The van der Waals surface area contributed by atoms with E-state index < -0.39 is 0 Å². The van der Waals surface area contributed by atoms with Gasteiger partial charge in [0.05, 0.1) is 17.7 Å². The number of carbonyl (C=O) groups is 1. The molecule has 3 nitrogen and oxygen atoms in total. The second-order valence-corrected chi connectivity index (χ2v) is 5.29. The third-order valence-electron chi connectivity index (χ3n) is 3.57. The lowest BCUT2D eigenvalue weighted by Crippen LogP contribution is -2.08. The van der Waals surface area contributed by atoms with Gasteiger partial charge in [0.2, 0.25) is 0 Å². The molecule has 0 saturated heterocycles. The molecule has 0 saturated carbocycles. The summed E-state index contributed by atoms with van der Waals surface area (Å²) < 4.78 is 5.33. The normalized spacial score (nSPS) is 10.6. The number of carbonyl (C=O) groups excluding carboxylic acids is 1. The molecule has 3 rings (SSSR count). The van der Waals surface area contributed by atoms with Crippen molar-refractivity contribution in [3.8, 4) is 0 Å². The molecule has 1 aromatic heterocycles. The van der Waals surface area contributed by atoms with Crippen LogP contribution < -0.4 is 0 Å². The summed E-state index contributed by atoms with van der Waals surface area (Å²) in [6.45, 7) is 2.42. The van der Waals surface area contributed by atoms with Crippen molar-refractivity contribution in [2.75, 3.05) is 6.61 Å². The Morgan fingerprint density at radius 2 is 1.86 bits per heavy atom. The number of pyridine rings is 1. The zero-order valence-corrected chi connectivity index (χ0v) is 12.5. The van der Waals surface area contributed by atoms with Gasteiger partial charge in [-0.2, -0.15) is 0 Å². The summed E-state index contributed by atoms with van der Waals surface area (Å²) in [5, 5.41) is 0.940. The molecule has 1 heterocycles. The van der Waals surface area contributed by atoms with Gasteiger partial charge in [-0.25, -0.2) is 4.79 Å². The van der Waals surface area contributed by atoms with Crippen molar-refractivity contribution in [3.63, 3.8) is 0 Å². The van der Waals surface area contributed by atoms with Crippen molar-refractivity contribution in [2.24, 2.45) is 0 Å². The molecule has 0 radical (unpaired) electrons. The smallest absolute Gasteiger partial charge is 0.339 e. The van der Waals surface area contributed by atoms with Gasteiger partial charge in [-0.3, -0.25) is 4.98 Å². The number of hydrogen-bond donors (Lipinski definition) is 0. The van der Waals surface area contributed by atoms with E-state index in [0.29, 0.717) is 18.6 Å². The minimum atomic E-state index is -0.328. The number of para-hydroxylation sites is 1. The standard InChI is InChI=1S/C19H17NO2/c1-14-6-8-15(9-7-14)10-11-22-19(21)17-12-16-4-2-3-5-18(16)20-13-17/h2-9,12-13H,10-11H2,1H3. The number of nitrogens with zero attached hydrogens (tertiary/aromatic N) is 1. The first-order valence-corrected chi connectivity index (χ1v) is 7.30. The second kappa shape index (κ2) is 6.39. The van der Waals surface area contributed by atoms with Gasteiger partial charge in [-0.15, -0.1) is 0 Å². The van der Waals surface area contributed by atoms with E-state index in [4.69, 9.17) is 4.74 Å². The van der Waals surface area contributed by atoms with Gasteiger partial charge in [0, 0.05) is 18.0 Å². The number of rotatable bonds is 4. The highest BCUT2D eigenvalue weighted by molar-refractivity contribution is 5.93. The molecule has 22 heavy (non-hydrogen) atoms. The highest BCUT2D eigenvalue weighted by Gasteiger charge is 2.08. The van der Waals surface area contributed by atoms with E-state index >= 15 is 0 Å². The number of hydrogen-bond acceptors (Lipinski definition) is 3. The Morgan fingerprint density at radius 1 is 1.09 bits per heavy atom. The molecule has 3 aromatic rings. The topological polar surface area (TPSA) is 39.2 Å². The van der Waals surface area contributed by atoms with Gasteiger partial charge < -0.3 is 4.74 Å². The summed E-state index contributed by atoms with van der Waals surface area (Å²) in [7, 11) is 0. The Labute approximate surface area is 129 Å². The molecule has 2 aromatic carbocycles. The van der Waals surface area contributed by atoms with Crippen molar-refractivity contribution in [1.82, 2.24) is 4.98 Å². The Kier molecular flexibility index (Phi) is 4.15. The van der Waals surface area contributed by atoms with Crippen molar-refractivity contribution >= 4 is 16.9 Å². The van der Waals surface area contributed by atoms with Gasteiger partial charge in [0.1, 0.15) is 0 Å². The van der Waals surface area contributed by atoms with Crippen molar-refractivity contribution in [1.29, 1.82) is 0 Å². The van der Waals surface area contributed by atoms with Crippen LogP contribution in [0.5, 0.6) is 0 Å². The second-order valence-electron chi connectivity index (χ2n) is 5.29. The first-order chi connectivity index (χ1) is 10.7. The van der Waals surface area contributed by atoms with Gasteiger partial charge in [0.25, 0.3) is 0 Å². The average Bonchev–Trinajstić information content (AvgIpc) is 2.56. The van der Waals surface area contributed by atoms with Crippen LogP contribution >= 0.6 is 0 Å². The van der Waals surface area contributed by atoms with Crippen LogP contribution in [0.15, 0.2) is 60.8 Å². The van der Waals surface area contributed by atoms with Crippen LogP contribution in [0.4, 0.5) is 0 Å². The fraction of sp³-hybridized carbons (Fsp3) is 0.158. The predicted octanol–water partition coefficient (Wildman–Crippen LogP) is 3.94. The lowest BCUT2D eigenvalue weighted by atomic mass is 10.1. The lowest BCUT2D eigenvalue weighted by Gasteiger charge is -2.06. The van der Waals surface area contributed by atoms with Crippen LogP contribution in [0, 0.1) is 6.92 Å². The molecule has 0 aliphatic heterocycles. The Bertz CT molecular complexity index is 794. The highest BCUT2D eigenvalue weighted by atomic mass is 16.5. The quantitative estimate of drug-likeness (QED) is 0.683. The Morgan fingerprint density at radius 3 is 2.68 bits per heavy atom. The molecule has 0 unspecified atom stereocenters. The van der Waals surface area contributed by atoms with Crippen LogP contribution in [0.25, 0.3) is 10.9 Å². The summed E-state index contributed by atoms with van der Waals surface area (Å²) in [6, 6.07) is 17.8. The molecular weight excluding hydrogens is 274 g/mol. The van der Waals surface area contributed by atoms with E-state index in [0.717, 1.165) is 16.5 Å². The van der Waals surface area contributed by atoms with Gasteiger partial charge in [0.15, 0.2) is 0 Å². The van der Waals surface area contributed by atoms with E-state index in [9.17, 15) is 4.79 Å². The number of aromatic nitrogens is 1. The zero-order chi connectivity index (χ0) is 15.4. The van der Waals surface area contributed by atoms with Crippen LogP contribution in [0.1, 0.15) is 21.5 Å². The van der Waals surface area contributed by atoms with Crippen molar-refractivity contribution < 1.29 is 9.53 Å². The molecule has 3 heteroatoms. The van der Waals surface area contributed by atoms with Gasteiger partial charge >= 0.3 is 5.97 Å². The van der Waals surface area contributed by atoms with Gasteiger partial charge in [-0.1, -0.05) is 48.0 Å². The first-order valence-electron chi connectivity index (χ1n) is 7.30. The molecule has 0 N–H and O–H groups in total. The maximum absolute atomic E-state index is 12.1. The number of benzene rings is 2. The summed E-state index contributed by atoms with van der Waals surface area (Å²) in [6.07, 6.45) is 2.28. The lowest BCUT2D eigenvalue weighted by molar-refractivity contribution is 0.0509. The number of ether oxygens (including phenoxy) is 1. The monoisotopic (exact) mass is 291 g/mol. The third kappa shape index (κ3) is 3.31. The third-order valence-corrected chi connectivity index (χ3v) is 3.57. The largest absolute Gasteiger partial charge is 0.462 e. The molecule has 0 fully saturated rings. The maximum Gasteiger partial charge on any atom is 0.339 e. The van der Waals surface area contributed by atoms with Crippen molar-refractivity contribution in [3.05, 3.63) is 77.5 Å².